The Kier molecular flexibility index (Phi) is 9.10. The van der Waals surface area contributed by atoms with E-state index in [-0.39, 0.29) is 23.7 Å². The van der Waals surface area contributed by atoms with Gasteiger partial charge in [-0.15, -0.1) is 11.6 Å². The van der Waals surface area contributed by atoms with Crippen molar-refractivity contribution in [2.75, 3.05) is 12.4 Å². The Bertz CT molecular complexity index is 648. The molecule has 0 aromatic heterocycles. The van der Waals surface area contributed by atoms with Crippen LogP contribution in [0.3, 0.4) is 0 Å². The van der Waals surface area contributed by atoms with Crippen LogP contribution in [0.4, 0.5) is 0 Å². The first kappa shape index (κ1) is 23.0. The molecule has 0 heterocycles. The SMILES string of the molecule is CC(C)CCN(C(=O)CCl)C(C(=O)NC1CCCCC1C)c1ccc(Cl)cc1. The van der Waals surface area contributed by atoms with Crippen LogP contribution in [0.1, 0.15) is 64.5 Å². The Morgan fingerprint density at radius 3 is 2.39 bits per heavy atom. The lowest BCUT2D eigenvalue weighted by molar-refractivity contribution is -0.139. The summed E-state index contributed by atoms with van der Waals surface area (Å²) in [6.45, 7) is 6.88. The highest BCUT2D eigenvalue weighted by Crippen LogP contribution is 2.28. The Morgan fingerprint density at radius 1 is 1.18 bits per heavy atom. The first-order valence-electron chi connectivity index (χ1n) is 10.2. The minimum atomic E-state index is -0.698. The second-order valence-electron chi connectivity index (χ2n) is 8.23. The topological polar surface area (TPSA) is 49.4 Å². The van der Waals surface area contributed by atoms with E-state index in [0.29, 0.717) is 23.4 Å². The summed E-state index contributed by atoms with van der Waals surface area (Å²) in [7, 11) is 0. The van der Waals surface area contributed by atoms with Crippen molar-refractivity contribution in [3.05, 3.63) is 34.9 Å². The lowest BCUT2D eigenvalue weighted by Crippen LogP contribution is -2.49. The molecular formula is C22H32Cl2N2O2. The number of alkyl halides is 1. The second-order valence-corrected chi connectivity index (χ2v) is 8.94. The Balaban J connectivity index is 2.31. The highest BCUT2D eigenvalue weighted by atomic mass is 35.5. The maximum Gasteiger partial charge on any atom is 0.247 e. The summed E-state index contributed by atoms with van der Waals surface area (Å²) < 4.78 is 0. The van der Waals surface area contributed by atoms with Crippen LogP contribution in [0.25, 0.3) is 0 Å². The predicted molar refractivity (Wildman–Crippen MR) is 116 cm³/mol. The molecule has 6 heteroatoms. The van der Waals surface area contributed by atoms with Gasteiger partial charge in [0, 0.05) is 17.6 Å². The van der Waals surface area contributed by atoms with E-state index in [1.807, 2.05) is 12.1 Å². The van der Waals surface area contributed by atoms with Gasteiger partial charge in [0.2, 0.25) is 11.8 Å². The number of amides is 2. The molecule has 1 saturated carbocycles. The second kappa shape index (κ2) is 11.1. The first-order chi connectivity index (χ1) is 13.3. The number of hydrogen-bond donors (Lipinski definition) is 1. The summed E-state index contributed by atoms with van der Waals surface area (Å²) in [6, 6.07) is 6.60. The Hall–Kier alpha value is -1.26. The summed E-state index contributed by atoms with van der Waals surface area (Å²) in [5, 5.41) is 3.82. The predicted octanol–water partition coefficient (Wildman–Crippen LogP) is 5.19. The fraction of sp³-hybridized carbons (Fsp3) is 0.636. The van der Waals surface area contributed by atoms with Gasteiger partial charge in [-0.1, -0.05) is 57.3 Å². The van der Waals surface area contributed by atoms with Gasteiger partial charge in [0.1, 0.15) is 11.9 Å². The molecule has 1 aliphatic rings. The van der Waals surface area contributed by atoms with E-state index in [9.17, 15) is 9.59 Å². The molecule has 28 heavy (non-hydrogen) atoms. The molecule has 2 rings (SSSR count). The van der Waals surface area contributed by atoms with E-state index in [4.69, 9.17) is 23.2 Å². The van der Waals surface area contributed by atoms with Crippen LogP contribution >= 0.6 is 23.2 Å². The summed E-state index contributed by atoms with van der Waals surface area (Å²) in [5.74, 6) is 0.349. The van der Waals surface area contributed by atoms with Crippen molar-refractivity contribution >= 4 is 35.0 Å². The van der Waals surface area contributed by atoms with Crippen LogP contribution in [-0.4, -0.2) is 35.2 Å². The average molecular weight is 427 g/mol. The third-order valence-corrected chi connectivity index (χ3v) is 6.05. The average Bonchev–Trinajstić information content (AvgIpc) is 2.67. The van der Waals surface area contributed by atoms with E-state index < -0.39 is 6.04 Å². The molecule has 1 fully saturated rings. The molecule has 1 aliphatic carbocycles. The van der Waals surface area contributed by atoms with Gasteiger partial charge in [-0.05, 0) is 48.8 Å². The molecule has 0 aliphatic heterocycles. The quantitative estimate of drug-likeness (QED) is 0.581. The smallest absolute Gasteiger partial charge is 0.247 e. The lowest BCUT2D eigenvalue weighted by atomic mass is 9.85. The molecular weight excluding hydrogens is 395 g/mol. The largest absolute Gasteiger partial charge is 0.351 e. The maximum absolute atomic E-state index is 13.4. The molecule has 1 N–H and O–H groups in total. The molecule has 0 bridgehead atoms. The zero-order valence-electron chi connectivity index (χ0n) is 17.1. The summed E-state index contributed by atoms with van der Waals surface area (Å²) >= 11 is 11.9. The minimum absolute atomic E-state index is 0.136. The molecule has 3 unspecified atom stereocenters. The van der Waals surface area contributed by atoms with Gasteiger partial charge in [0.05, 0.1) is 0 Å². The normalized spacial score (nSPS) is 20.6. The van der Waals surface area contributed by atoms with E-state index >= 15 is 0 Å². The zero-order valence-corrected chi connectivity index (χ0v) is 18.6. The molecule has 1 aromatic carbocycles. The van der Waals surface area contributed by atoms with Crippen molar-refractivity contribution in [3.8, 4) is 0 Å². The van der Waals surface area contributed by atoms with E-state index in [1.165, 1.54) is 6.42 Å². The molecule has 3 atom stereocenters. The van der Waals surface area contributed by atoms with Gasteiger partial charge in [-0.3, -0.25) is 9.59 Å². The van der Waals surface area contributed by atoms with Crippen molar-refractivity contribution in [1.82, 2.24) is 10.2 Å². The van der Waals surface area contributed by atoms with Gasteiger partial charge >= 0.3 is 0 Å². The first-order valence-corrected chi connectivity index (χ1v) is 11.2. The number of nitrogens with zero attached hydrogens (tertiary/aromatic N) is 1. The van der Waals surface area contributed by atoms with Crippen LogP contribution in [0.2, 0.25) is 5.02 Å². The summed E-state index contributed by atoms with van der Waals surface area (Å²) in [4.78, 5) is 27.6. The van der Waals surface area contributed by atoms with Crippen LogP contribution in [0, 0.1) is 11.8 Å². The van der Waals surface area contributed by atoms with Crippen molar-refractivity contribution in [1.29, 1.82) is 0 Å². The van der Waals surface area contributed by atoms with Crippen LogP contribution in [-0.2, 0) is 9.59 Å². The number of carbonyl (C=O) groups is 2. The van der Waals surface area contributed by atoms with Gasteiger partial charge in [0.15, 0.2) is 0 Å². The van der Waals surface area contributed by atoms with Crippen molar-refractivity contribution in [2.24, 2.45) is 11.8 Å². The Morgan fingerprint density at radius 2 is 1.82 bits per heavy atom. The third kappa shape index (κ3) is 6.38. The lowest BCUT2D eigenvalue weighted by Gasteiger charge is -2.35. The molecule has 1 aromatic rings. The third-order valence-electron chi connectivity index (χ3n) is 5.57. The Labute approximate surface area is 179 Å². The number of rotatable bonds is 8. The summed E-state index contributed by atoms with van der Waals surface area (Å²) in [6.07, 6.45) is 5.24. The minimum Gasteiger partial charge on any atom is -0.351 e. The summed E-state index contributed by atoms with van der Waals surface area (Å²) in [5.41, 5.74) is 0.757. The van der Waals surface area contributed by atoms with Crippen LogP contribution in [0.15, 0.2) is 24.3 Å². The number of carbonyl (C=O) groups excluding carboxylic acids is 2. The fourth-order valence-electron chi connectivity index (χ4n) is 3.78. The highest BCUT2D eigenvalue weighted by molar-refractivity contribution is 6.30. The highest BCUT2D eigenvalue weighted by Gasteiger charge is 2.33. The molecule has 0 spiro atoms. The van der Waals surface area contributed by atoms with E-state index in [2.05, 4.69) is 26.1 Å². The van der Waals surface area contributed by atoms with Crippen molar-refractivity contribution in [3.63, 3.8) is 0 Å². The van der Waals surface area contributed by atoms with Crippen LogP contribution < -0.4 is 5.32 Å². The van der Waals surface area contributed by atoms with E-state index in [1.54, 1.807) is 17.0 Å². The standard InChI is InChI=1S/C22H32Cl2N2O2/c1-15(2)12-13-26(20(27)14-23)21(17-8-10-18(24)11-9-17)22(28)25-19-7-5-4-6-16(19)3/h8-11,15-16,19,21H,4-7,12-14H2,1-3H3,(H,25,28). The zero-order chi connectivity index (χ0) is 20.7. The van der Waals surface area contributed by atoms with Crippen molar-refractivity contribution in [2.45, 2.75) is 65.0 Å². The number of hydrogen-bond acceptors (Lipinski definition) is 2. The maximum atomic E-state index is 13.4. The number of benzene rings is 1. The fourth-order valence-corrected chi connectivity index (χ4v) is 4.06. The number of nitrogens with one attached hydrogen (secondary N) is 1. The van der Waals surface area contributed by atoms with Gasteiger partial charge in [-0.25, -0.2) is 0 Å². The molecule has 0 radical (unpaired) electrons. The molecule has 4 nitrogen and oxygen atoms in total. The van der Waals surface area contributed by atoms with Gasteiger partial charge in [0.25, 0.3) is 0 Å². The van der Waals surface area contributed by atoms with Gasteiger partial charge in [-0.2, -0.15) is 0 Å². The van der Waals surface area contributed by atoms with E-state index in [0.717, 1.165) is 31.2 Å². The van der Waals surface area contributed by atoms with Crippen LogP contribution in [0.5, 0.6) is 0 Å². The van der Waals surface area contributed by atoms with Crippen molar-refractivity contribution < 1.29 is 9.59 Å². The number of halogens is 2. The molecule has 2 amide bonds. The molecule has 0 saturated heterocycles. The monoisotopic (exact) mass is 426 g/mol. The molecule has 156 valence electrons. The van der Waals surface area contributed by atoms with Gasteiger partial charge < -0.3 is 10.2 Å².